The van der Waals surface area contributed by atoms with E-state index in [0.29, 0.717) is 0 Å². The molecule has 0 saturated heterocycles. The van der Waals surface area contributed by atoms with Gasteiger partial charge in [0.25, 0.3) is 0 Å². The number of hydrogen-bond donors (Lipinski definition) is 0. The monoisotopic (exact) mass is 337 g/mol. The average molecular weight is 337 g/mol. The highest BCUT2D eigenvalue weighted by Crippen LogP contribution is 2.17. The lowest BCUT2D eigenvalue weighted by Crippen LogP contribution is -2.35. The molecule has 0 bridgehead atoms. The highest BCUT2D eigenvalue weighted by molar-refractivity contribution is 5.30. The Kier molecular flexibility index (Phi) is 4.31. The molecule has 3 aromatic rings. The second kappa shape index (κ2) is 6.76. The third-order valence-corrected chi connectivity index (χ3v) is 4.95. The second-order valence-electron chi connectivity index (χ2n) is 6.57. The van der Waals surface area contributed by atoms with Gasteiger partial charge in [0.2, 0.25) is 0 Å². The Bertz CT molecular complexity index is 850. The maximum atomic E-state index is 4.70. The SMILES string of the molecule is Cc1nc2n(c1C)CCN(CCCc1nnnn1-c1ccccc1)C2. The molecule has 0 amide bonds. The third-order valence-electron chi connectivity index (χ3n) is 4.95. The van der Waals surface area contributed by atoms with E-state index >= 15 is 0 Å². The molecule has 3 heterocycles. The van der Waals surface area contributed by atoms with E-state index in [2.05, 4.69) is 38.8 Å². The molecule has 7 heteroatoms. The summed E-state index contributed by atoms with van der Waals surface area (Å²) in [4.78, 5) is 7.17. The molecule has 1 aliphatic heterocycles. The largest absolute Gasteiger partial charge is 0.330 e. The van der Waals surface area contributed by atoms with Gasteiger partial charge in [-0.05, 0) is 49.4 Å². The Hall–Kier alpha value is -2.54. The van der Waals surface area contributed by atoms with E-state index in [-0.39, 0.29) is 0 Å². The maximum Gasteiger partial charge on any atom is 0.156 e. The standard InChI is InChI=1S/C18H23N7/c1-14-15(2)24-12-11-23(13-18(24)19-14)10-6-9-17-20-21-22-25(17)16-7-4-3-5-8-16/h3-5,7-8H,6,9-13H2,1-2H3. The first-order chi connectivity index (χ1) is 12.2. The Morgan fingerprint density at radius 3 is 2.76 bits per heavy atom. The normalized spacial score (nSPS) is 14.6. The van der Waals surface area contributed by atoms with Crippen molar-refractivity contribution in [1.82, 2.24) is 34.7 Å². The van der Waals surface area contributed by atoms with E-state index in [1.807, 2.05) is 35.0 Å². The van der Waals surface area contributed by atoms with Crippen molar-refractivity contribution >= 4 is 0 Å². The first-order valence-electron chi connectivity index (χ1n) is 8.80. The van der Waals surface area contributed by atoms with Crippen molar-refractivity contribution in [3.05, 3.63) is 53.4 Å². The van der Waals surface area contributed by atoms with Crippen molar-refractivity contribution in [2.75, 3.05) is 13.1 Å². The molecule has 0 saturated carbocycles. The van der Waals surface area contributed by atoms with Crippen LogP contribution in [0.3, 0.4) is 0 Å². The zero-order chi connectivity index (χ0) is 17.2. The lowest BCUT2D eigenvalue weighted by atomic mass is 10.2. The van der Waals surface area contributed by atoms with Crippen molar-refractivity contribution in [2.24, 2.45) is 0 Å². The van der Waals surface area contributed by atoms with Gasteiger partial charge in [-0.15, -0.1) is 5.10 Å². The predicted molar refractivity (Wildman–Crippen MR) is 94.5 cm³/mol. The van der Waals surface area contributed by atoms with Crippen LogP contribution in [0, 0.1) is 13.8 Å². The van der Waals surface area contributed by atoms with Gasteiger partial charge < -0.3 is 4.57 Å². The summed E-state index contributed by atoms with van der Waals surface area (Å²) in [7, 11) is 0. The van der Waals surface area contributed by atoms with Crippen LogP contribution in [0.25, 0.3) is 5.69 Å². The molecule has 0 radical (unpaired) electrons. The number of para-hydroxylation sites is 1. The van der Waals surface area contributed by atoms with E-state index < -0.39 is 0 Å². The van der Waals surface area contributed by atoms with Crippen LogP contribution in [-0.2, 0) is 19.5 Å². The van der Waals surface area contributed by atoms with Crippen molar-refractivity contribution in [2.45, 2.75) is 39.8 Å². The Morgan fingerprint density at radius 2 is 1.92 bits per heavy atom. The smallest absolute Gasteiger partial charge is 0.156 e. The highest BCUT2D eigenvalue weighted by Gasteiger charge is 2.20. The number of hydrogen-bond acceptors (Lipinski definition) is 5. The van der Waals surface area contributed by atoms with Crippen LogP contribution in [0.2, 0.25) is 0 Å². The number of rotatable bonds is 5. The fourth-order valence-electron chi connectivity index (χ4n) is 3.44. The molecule has 25 heavy (non-hydrogen) atoms. The van der Waals surface area contributed by atoms with Crippen LogP contribution in [0.15, 0.2) is 30.3 Å². The van der Waals surface area contributed by atoms with Crippen LogP contribution in [0.1, 0.15) is 29.5 Å². The number of aromatic nitrogens is 6. The zero-order valence-corrected chi connectivity index (χ0v) is 14.8. The van der Waals surface area contributed by atoms with Gasteiger partial charge in [0.1, 0.15) is 5.82 Å². The molecule has 0 fully saturated rings. The maximum absolute atomic E-state index is 4.70. The molecular formula is C18H23N7. The van der Waals surface area contributed by atoms with E-state index in [1.54, 1.807) is 0 Å². The predicted octanol–water partition coefficient (Wildman–Crippen LogP) is 1.92. The minimum atomic E-state index is 0.866. The van der Waals surface area contributed by atoms with Gasteiger partial charge >= 0.3 is 0 Å². The number of nitrogens with zero attached hydrogens (tertiary/aromatic N) is 7. The number of fused-ring (bicyclic) bond motifs is 1. The highest BCUT2D eigenvalue weighted by atomic mass is 15.5. The van der Waals surface area contributed by atoms with Crippen molar-refractivity contribution < 1.29 is 0 Å². The number of imidazole rings is 1. The molecule has 0 unspecified atom stereocenters. The number of tetrazole rings is 1. The van der Waals surface area contributed by atoms with Crippen LogP contribution in [0.4, 0.5) is 0 Å². The summed E-state index contributed by atoms with van der Waals surface area (Å²) in [6.45, 7) is 8.32. The summed E-state index contributed by atoms with van der Waals surface area (Å²) in [6, 6.07) is 10.0. The lowest BCUT2D eigenvalue weighted by Gasteiger charge is -2.28. The third kappa shape index (κ3) is 3.19. The molecule has 2 aromatic heterocycles. The topological polar surface area (TPSA) is 64.7 Å². The molecule has 7 nitrogen and oxygen atoms in total. The van der Waals surface area contributed by atoms with Crippen molar-refractivity contribution in [3.63, 3.8) is 0 Å². The summed E-state index contributed by atoms with van der Waals surface area (Å²) in [5.74, 6) is 2.10. The minimum absolute atomic E-state index is 0.866. The summed E-state index contributed by atoms with van der Waals surface area (Å²) >= 11 is 0. The summed E-state index contributed by atoms with van der Waals surface area (Å²) in [5, 5.41) is 12.2. The van der Waals surface area contributed by atoms with E-state index in [9.17, 15) is 0 Å². The molecule has 0 N–H and O–H groups in total. The van der Waals surface area contributed by atoms with Gasteiger partial charge in [-0.2, -0.15) is 4.68 Å². The van der Waals surface area contributed by atoms with Crippen LogP contribution in [0.5, 0.6) is 0 Å². The van der Waals surface area contributed by atoms with Crippen LogP contribution in [-0.4, -0.2) is 47.7 Å². The van der Waals surface area contributed by atoms with E-state index in [0.717, 1.165) is 56.2 Å². The molecule has 4 rings (SSSR count). The van der Waals surface area contributed by atoms with Gasteiger partial charge in [0, 0.05) is 25.2 Å². The molecule has 0 aliphatic carbocycles. The Labute approximate surface area is 147 Å². The molecular weight excluding hydrogens is 314 g/mol. The van der Waals surface area contributed by atoms with Gasteiger partial charge in [0.05, 0.1) is 17.9 Å². The van der Waals surface area contributed by atoms with Crippen LogP contribution < -0.4 is 0 Å². The molecule has 1 aromatic carbocycles. The Morgan fingerprint density at radius 1 is 1.08 bits per heavy atom. The van der Waals surface area contributed by atoms with Gasteiger partial charge in [-0.3, -0.25) is 4.90 Å². The Balaban J connectivity index is 1.36. The first-order valence-corrected chi connectivity index (χ1v) is 8.80. The molecule has 0 spiro atoms. The molecule has 1 aliphatic rings. The molecule has 130 valence electrons. The van der Waals surface area contributed by atoms with Gasteiger partial charge in [-0.1, -0.05) is 18.2 Å². The van der Waals surface area contributed by atoms with E-state index in [4.69, 9.17) is 4.98 Å². The van der Waals surface area contributed by atoms with Gasteiger partial charge in [-0.25, -0.2) is 4.98 Å². The summed E-state index contributed by atoms with van der Waals surface area (Å²) < 4.78 is 4.18. The van der Waals surface area contributed by atoms with Crippen molar-refractivity contribution in [1.29, 1.82) is 0 Å². The van der Waals surface area contributed by atoms with E-state index in [1.165, 1.54) is 11.5 Å². The quantitative estimate of drug-likeness (QED) is 0.712. The zero-order valence-electron chi connectivity index (χ0n) is 14.8. The fraction of sp³-hybridized carbons (Fsp3) is 0.444. The summed E-state index contributed by atoms with van der Waals surface area (Å²) in [6.07, 6.45) is 1.90. The van der Waals surface area contributed by atoms with Crippen LogP contribution >= 0.6 is 0 Å². The van der Waals surface area contributed by atoms with Gasteiger partial charge in [0.15, 0.2) is 5.82 Å². The number of aryl methyl sites for hydroxylation is 2. The minimum Gasteiger partial charge on any atom is -0.330 e. The van der Waals surface area contributed by atoms with Crippen molar-refractivity contribution in [3.8, 4) is 5.69 Å². The first kappa shape index (κ1) is 16.0. The number of benzene rings is 1. The lowest BCUT2D eigenvalue weighted by molar-refractivity contribution is 0.213. The molecule has 0 atom stereocenters. The fourth-order valence-corrected chi connectivity index (χ4v) is 3.44. The average Bonchev–Trinajstić information content (AvgIpc) is 3.21. The summed E-state index contributed by atoms with van der Waals surface area (Å²) in [5.41, 5.74) is 3.46. The second-order valence-corrected chi connectivity index (χ2v) is 6.57.